The third-order valence-electron chi connectivity index (χ3n) is 10.6. The van der Waals surface area contributed by atoms with Crippen molar-refractivity contribution in [3.8, 4) is 0 Å². The Hall–Kier alpha value is -1.91. The van der Waals surface area contributed by atoms with E-state index in [1.54, 1.807) is 13.8 Å². The van der Waals surface area contributed by atoms with E-state index in [1.807, 2.05) is 6.08 Å². The average molecular weight is 499 g/mol. The molecule has 0 aromatic rings. The minimum Gasteiger partial charge on any atom is -0.465 e. The lowest BCUT2D eigenvalue weighted by atomic mass is 9.47. The van der Waals surface area contributed by atoms with Crippen LogP contribution in [0.15, 0.2) is 23.3 Å². The molecule has 2 fully saturated rings. The number of carbonyl (C=O) groups is 3. The summed E-state index contributed by atoms with van der Waals surface area (Å²) in [5, 5.41) is 0. The Kier molecular flexibility index (Phi) is 7.88. The lowest BCUT2D eigenvalue weighted by Gasteiger charge is -2.57. The molecule has 0 bridgehead atoms. The Morgan fingerprint density at radius 1 is 1.00 bits per heavy atom. The van der Waals surface area contributed by atoms with Gasteiger partial charge in [-0.2, -0.15) is 0 Å². The van der Waals surface area contributed by atoms with E-state index >= 15 is 0 Å². The van der Waals surface area contributed by atoms with Crippen LogP contribution in [0.2, 0.25) is 0 Å². The Morgan fingerprint density at radius 2 is 1.67 bits per heavy atom. The van der Waals surface area contributed by atoms with Gasteiger partial charge in [-0.15, -0.1) is 0 Å². The zero-order valence-corrected chi connectivity index (χ0v) is 23.2. The molecule has 0 N–H and O–H groups in total. The van der Waals surface area contributed by atoms with E-state index in [2.05, 4.69) is 33.8 Å². The number of fused-ring (bicyclic) bond motifs is 5. The number of allylic oxidation sites excluding steroid dienone is 4. The van der Waals surface area contributed by atoms with Crippen LogP contribution in [-0.4, -0.2) is 30.9 Å². The van der Waals surface area contributed by atoms with Crippen LogP contribution in [0.3, 0.4) is 0 Å². The highest BCUT2D eigenvalue weighted by Gasteiger charge is 2.59. The molecule has 0 saturated heterocycles. The fourth-order valence-electron chi connectivity index (χ4n) is 8.85. The molecular formula is C31H46O5. The molecule has 5 nitrogen and oxygen atoms in total. The summed E-state index contributed by atoms with van der Waals surface area (Å²) < 4.78 is 10.5. The first-order chi connectivity index (χ1) is 17.1. The second-order valence-electron chi connectivity index (χ2n) is 12.3. The number of hydrogen-bond acceptors (Lipinski definition) is 5. The maximum absolute atomic E-state index is 12.7. The molecule has 0 aromatic heterocycles. The Balaban J connectivity index is 1.59. The van der Waals surface area contributed by atoms with Crippen LogP contribution >= 0.6 is 0 Å². The van der Waals surface area contributed by atoms with Gasteiger partial charge in [0.15, 0.2) is 11.7 Å². The standard InChI is InChI=1S/C31H46O5/c1-7-20-17-22-25-11-10-24(19(4)16-23(28(33)35-8-2)29(34)36-9-3)30(25,5)15-13-26(22)31(6)14-12-21(32)18-27(20)31/h17-19,22-26H,7-16H2,1-6H3/t19-,22?,24-,25+,26+,30?,31?/m1/s1. The van der Waals surface area contributed by atoms with Crippen molar-refractivity contribution in [1.82, 2.24) is 0 Å². The predicted octanol–water partition coefficient (Wildman–Crippen LogP) is 6.46. The number of esters is 2. The molecule has 4 aliphatic rings. The van der Waals surface area contributed by atoms with Gasteiger partial charge in [-0.05, 0) is 116 Å². The van der Waals surface area contributed by atoms with Crippen LogP contribution in [0.5, 0.6) is 0 Å². The molecule has 5 heteroatoms. The normalized spacial score (nSPS) is 36.2. The zero-order valence-electron chi connectivity index (χ0n) is 23.2. The maximum Gasteiger partial charge on any atom is 0.320 e. The molecule has 2 saturated carbocycles. The highest BCUT2D eigenvalue weighted by molar-refractivity contribution is 5.95. The van der Waals surface area contributed by atoms with Crippen molar-refractivity contribution in [3.63, 3.8) is 0 Å². The average Bonchev–Trinajstić information content (AvgIpc) is 3.20. The summed E-state index contributed by atoms with van der Waals surface area (Å²) >= 11 is 0. The van der Waals surface area contributed by atoms with Crippen molar-refractivity contribution in [2.45, 2.75) is 92.9 Å². The summed E-state index contributed by atoms with van der Waals surface area (Å²) in [6, 6.07) is 0. The Labute approximate surface area is 217 Å². The van der Waals surface area contributed by atoms with Gasteiger partial charge in [0.1, 0.15) is 0 Å². The second kappa shape index (κ2) is 10.5. The van der Waals surface area contributed by atoms with Crippen molar-refractivity contribution in [1.29, 1.82) is 0 Å². The highest BCUT2D eigenvalue weighted by atomic mass is 16.6. The summed E-state index contributed by atoms with van der Waals surface area (Å²) in [6.45, 7) is 13.4. The molecule has 36 heavy (non-hydrogen) atoms. The number of carbonyl (C=O) groups excluding carboxylic acids is 3. The van der Waals surface area contributed by atoms with Gasteiger partial charge in [0.25, 0.3) is 0 Å². The number of ketones is 1. The largest absolute Gasteiger partial charge is 0.465 e. The SMILES string of the molecule is CCOC(=O)C(C[C@@H](C)[C@H]1CC[C@H]2C3C=C(CC)C4=CC(=O)CCC4(C)[C@H]3CCC12C)C(=O)OCC. The van der Waals surface area contributed by atoms with Crippen LogP contribution < -0.4 is 0 Å². The maximum atomic E-state index is 12.7. The van der Waals surface area contributed by atoms with Crippen molar-refractivity contribution < 1.29 is 23.9 Å². The van der Waals surface area contributed by atoms with Gasteiger partial charge in [-0.3, -0.25) is 14.4 Å². The van der Waals surface area contributed by atoms with Crippen LogP contribution in [0.1, 0.15) is 92.9 Å². The predicted molar refractivity (Wildman–Crippen MR) is 140 cm³/mol. The van der Waals surface area contributed by atoms with Gasteiger partial charge >= 0.3 is 11.9 Å². The quantitative estimate of drug-likeness (QED) is 0.284. The van der Waals surface area contributed by atoms with Gasteiger partial charge in [-0.25, -0.2) is 0 Å². The molecule has 200 valence electrons. The topological polar surface area (TPSA) is 69.7 Å². The fourth-order valence-corrected chi connectivity index (χ4v) is 8.85. The summed E-state index contributed by atoms with van der Waals surface area (Å²) in [4.78, 5) is 37.7. The molecule has 4 rings (SSSR count). The van der Waals surface area contributed by atoms with Gasteiger partial charge in [0.05, 0.1) is 13.2 Å². The Morgan fingerprint density at radius 3 is 2.28 bits per heavy atom. The number of hydrogen-bond donors (Lipinski definition) is 0. The molecule has 0 spiro atoms. The second-order valence-corrected chi connectivity index (χ2v) is 12.3. The summed E-state index contributed by atoms with van der Waals surface area (Å²) in [7, 11) is 0. The molecule has 0 aliphatic heterocycles. The van der Waals surface area contributed by atoms with Gasteiger partial charge < -0.3 is 9.47 Å². The van der Waals surface area contributed by atoms with E-state index in [9.17, 15) is 14.4 Å². The summed E-state index contributed by atoms with van der Waals surface area (Å²) in [6.07, 6.45) is 12.3. The molecule has 0 radical (unpaired) electrons. The fraction of sp³-hybridized carbons (Fsp3) is 0.774. The molecular weight excluding hydrogens is 452 g/mol. The monoisotopic (exact) mass is 498 g/mol. The lowest BCUT2D eigenvalue weighted by Crippen LogP contribution is -2.50. The first-order valence-electron chi connectivity index (χ1n) is 14.4. The van der Waals surface area contributed by atoms with Crippen molar-refractivity contribution in [2.24, 2.45) is 46.3 Å². The molecule has 0 heterocycles. The highest BCUT2D eigenvalue weighted by Crippen LogP contribution is 2.67. The first kappa shape index (κ1) is 27.1. The van der Waals surface area contributed by atoms with E-state index in [0.29, 0.717) is 36.5 Å². The smallest absolute Gasteiger partial charge is 0.320 e. The Bertz CT molecular complexity index is 929. The van der Waals surface area contributed by atoms with Crippen LogP contribution in [0.25, 0.3) is 0 Å². The van der Waals surface area contributed by atoms with E-state index in [0.717, 1.165) is 19.3 Å². The summed E-state index contributed by atoms with van der Waals surface area (Å²) in [5.74, 6) is 0.965. The first-order valence-corrected chi connectivity index (χ1v) is 14.4. The molecule has 0 aromatic carbocycles. The van der Waals surface area contributed by atoms with Crippen molar-refractivity contribution in [3.05, 3.63) is 23.3 Å². The van der Waals surface area contributed by atoms with Gasteiger partial charge in [0.2, 0.25) is 0 Å². The van der Waals surface area contributed by atoms with Crippen LogP contribution in [-0.2, 0) is 23.9 Å². The van der Waals surface area contributed by atoms with Crippen molar-refractivity contribution in [2.75, 3.05) is 13.2 Å². The third-order valence-corrected chi connectivity index (χ3v) is 10.6. The number of rotatable bonds is 8. The lowest BCUT2D eigenvalue weighted by molar-refractivity contribution is -0.163. The van der Waals surface area contributed by atoms with Gasteiger partial charge in [0, 0.05) is 6.42 Å². The van der Waals surface area contributed by atoms with Crippen LogP contribution in [0.4, 0.5) is 0 Å². The van der Waals surface area contributed by atoms with Crippen LogP contribution in [0, 0.1) is 46.3 Å². The minimum atomic E-state index is -0.841. The molecule has 3 unspecified atom stereocenters. The van der Waals surface area contributed by atoms with E-state index in [-0.39, 0.29) is 35.7 Å². The minimum absolute atomic E-state index is 0.0998. The summed E-state index contributed by atoms with van der Waals surface area (Å²) in [5.41, 5.74) is 2.99. The van der Waals surface area contributed by atoms with Gasteiger partial charge in [-0.1, -0.05) is 33.8 Å². The molecule has 0 amide bonds. The molecule has 7 atom stereocenters. The van der Waals surface area contributed by atoms with E-state index < -0.39 is 17.9 Å². The molecule has 4 aliphatic carbocycles. The van der Waals surface area contributed by atoms with E-state index in [4.69, 9.17) is 9.47 Å². The third kappa shape index (κ3) is 4.49. The van der Waals surface area contributed by atoms with E-state index in [1.165, 1.54) is 30.4 Å². The zero-order chi connectivity index (χ0) is 26.3. The number of ether oxygens (including phenoxy) is 2. The van der Waals surface area contributed by atoms with Crippen molar-refractivity contribution >= 4 is 17.7 Å².